The Kier molecular flexibility index (Phi) is 5.35. The summed E-state index contributed by atoms with van der Waals surface area (Å²) in [5.74, 6) is 2.10. The number of nitrogens with one attached hydrogen (secondary N) is 2. The number of ether oxygens (including phenoxy) is 3. The van der Waals surface area contributed by atoms with Crippen LogP contribution in [0.1, 0.15) is 17.9 Å². The monoisotopic (exact) mass is 320 g/mol. The predicted octanol–water partition coefficient (Wildman–Crippen LogP) is 0.913. The van der Waals surface area contributed by atoms with E-state index in [1.807, 2.05) is 18.2 Å². The van der Waals surface area contributed by atoms with Gasteiger partial charge in [0.1, 0.15) is 13.2 Å². The maximum Gasteiger partial charge on any atom is 0.223 e. The highest BCUT2D eigenvalue weighted by Gasteiger charge is 2.44. The summed E-state index contributed by atoms with van der Waals surface area (Å²) in [7, 11) is 1.68. The van der Waals surface area contributed by atoms with Crippen LogP contribution in [0.3, 0.4) is 0 Å². The molecule has 2 atom stereocenters. The zero-order valence-electron chi connectivity index (χ0n) is 13.5. The van der Waals surface area contributed by atoms with E-state index in [4.69, 9.17) is 14.2 Å². The highest BCUT2D eigenvalue weighted by molar-refractivity contribution is 5.83. The van der Waals surface area contributed by atoms with Gasteiger partial charge in [-0.05, 0) is 30.0 Å². The van der Waals surface area contributed by atoms with Crippen molar-refractivity contribution in [3.8, 4) is 11.5 Å². The van der Waals surface area contributed by atoms with Crippen LogP contribution in [0.4, 0.5) is 0 Å². The topological polar surface area (TPSA) is 68.8 Å². The Morgan fingerprint density at radius 3 is 2.87 bits per heavy atom. The number of carbonyl (C=O) groups excluding carboxylic acids is 1. The molecule has 1 amide bonds. The van der Waals surface area contributed by atoms with Crippen LogP contribution in [-0.2, 0) is 9.53 Å². The van der Waals surface area contributed by atoms with Gasteiger partial charge >= 0.3 is 0 Å². The number of hydrogen-bond acceptors (Lipinski definition) is 5. The molecule has 1 aliphatic heterocycles. The third-order valence-corrected chi connectivity index (χ3v) is 4.21. The standard InChI is InChI=1S/C17H24N2O4/c1-21-7-6-18-4-5-19-17(20)14-11-13(14)12-2-3-15-16(10-12)23-9-8-22-15/h2-3,10,13-14,18H,4-9,11H2,1H3,(H,19,20). The molecule has 1 aromatic rings. The highest BCUT2D eigenvalue weighted by Crippen LogP contribution is 2.49. The summed E-state index contributed by atoms with van der Waals surface area (Å²) < 4.78 is 16.1. The summed E-state index contributed by atoms with van der Waals surface area (Å²) in [6.45, 7) is 4.07. The molecule has 3 rings (SSSR count). The maximum atomic E-state index is 12.1. The molecule has 0 bridgehead atoms. The van der Waals surface area contributed by atoms with E-state index in [0.29, 0.717) is 32.3 Å². The fraction of sp³-hybridized carbons (Fsp3) is 0.588. The van der Waals surface area contributed by atoms with E-state index in [2.05, 4.69) is 10.6 Å². The van der Waals surface area contributed by atoms with E-state index >= 15 is 0 Å². The van der Waals surface area contributed by atoms with E-state index < -0.39 is 0 Å². The van der Waals surface area contributed by atoms with Gasteiger partial charge in [-0.25, -0.2) is 0 Å². The van der Waals surface area contributed by atoms with Gasteiger partial charge in [0.05, 0.1) is 6.61 Å². The predicted molar refractivity (Wildman–Crippen MR) is 86.0 cm³/mol. The molecule has 0 aromatic heterocycles. The quantitative estimate of drug-likeness (QED) is 0.697. The number of carbonyl (C=O) groups is 1. The SMILES string of the molecule is COCCNCCNC(=O)C1CC1c1ccc2c(c1)OCCO2. The first-order valence-electron chi connectivity index (χ1n) is 8.16. The van der Waals surface area contributed by atoms with Crippen molar-refractivity contribution >= 4 is 5.91 Å². The van der Waals surface area contributed by atoms with Gasteiger partial charge < -0.3 is 24.8 Å². The summed E-state index contributed by atoms with van der Waals surface area (Å²) in [4.78, 5) is 12.1. The third kappa shape index (κ3) is 4.14. The fourth-order valence-corrected chi connectivity index (χ4v) is 2.85. The van der Waals surface area contributed by atoms with Crippen molar-refractivity contribution in [3.63, 3.8) is 0 Å². The van der Waals surface area contributed by atoms with Gasteiger partial charge in [-0.2, -0.15) is 0 Å². The van der Waals surface area contributed by atoms with Crippen LogP contribution in [0.2, 0.25) is 0 Å². The maximum absolute atomic E-state index is 12.1. The molecule has 2 unspecified atom stereocenters. The number of benzene rings is 1. The zero-order valence-corrected chi connectivity index (χ0v) is 13.5. The number of fused-ring (bicyclic) bond motifs is 1. The fourth-order valence-electron chi connectivity index (χ4n) is 2.85. The Balaban J connectivity index is 1.43. The minimum absolute atomic E-state index is 0.0801. The van der Waals surface area contributed by atoms with Gasteiger partial charge in [-0.1, -0.05) is 6.07 Å². The molecule has 6 heteroatoms. The lowest BCUT2D eigenvalue weighted by Gasteiger charge is -2.18. The van der Waals surface area contributed by atoms with Crippen molar-refractivity contribution < 1.29 is 19.0 Å². The van der Waals surface area contributed by atoms with Crippen molar-refractivity contribution in [1.82, 2.24) is 10.6 Å². The number of rotatable bonds is 8. The summed E-state index contributed by atoms with van der Waals surface area (Å²) in [6, 6.07) is 5.99. The molecule has 0 spiro atoms. The van der Waals surface area contributed by atoms with Crippen LogP contribution in [0, 0.1) is 5.92 Å². The van der Waals surface area contributed by atoms with Crippen molar-refractivity contribution in [1.29, 1.82) is 0 Å². The Labute approximate surface area is 136 Å². The first-order valence-corrected chi connectivity index (χ1v) is 8.16. The summed E-state index contributed by atoms with van der Waals surface area (Å²) in [5, 5.41) is 6.19. The smallest absolute Gasteiger partial charge is 0.223 e. The molecule has 2 aliphatic rings. The minimum Gasteiger partial charge on any atom is -0.486 e. The number of hydrogen-bond donors (Lipinski definition) is 2. The lowest BCUT2D eigenvalue weighted by atomic mass is 10.1. The Hall–Kier alpha value is -1.79. The Bertz CT molecular complexity index is 549. The summed E-state index contributed by atoms with van der Waals surface area (Å²) in [6.07, 6.45) is 0.905. The largest absolute Gasteiger partial charge is 0.486 e. The van der Waals surface area contributed by atoms with Crippen LogP contribution in [0.25, 0.3) is 0 Å². The minimum atomic E-state index is 0.0801. The van der Waals surface area contributed by atoms with Crippen molar-refractivity contribution in [3.05, 3.63) is 23.8 Å². The van der Waals surface area contributed by atoms with Crippen LogP contribution in [-0.4, -0.2) is 52.5 Å². The number of methoxy groups -OCH3 is 1. The van der Waals surface area contributed by atoms with Crippen LogP contribution in [0.15, 0.2) is 18.2 Å². The lowest BCUT2D eigenvalue weighted by molar-refractivity contribution is -0.122. The van der Waals surface area contributed by atoms with Crippen LogP contribution < -0.4 is 20.1 Å². The second-order valence-corrected chi connectivity index (χ2v) is 5.89. The zero-order chi connectivity index (χ0) is 16.1. The molecule has 1 saturated carbocycles. The van der Waals surface area contributed by atoms with Gasteiger partial charge in [0.15, 0.2) is 11.5 Å². The van der Waals surface area contributed by atoms with E-state index in [0.717, 1.165) is 36.6 Å². The summed E-state index contributed by atoms with van der Waals surface area (Å²) >= 11 is 0. The molecule has 2 N–H and O–H groups in total. The lowest BCUT2D eigenvalue weighted by Crippen LogP contribution is -2.34. The first-order chi connectivity index (χ1) is 11.3. The Morgan fingerprint density at radius 2 is 2.04 bits per heavy atom. The average Bonchev–Trinajstić information content (AvgIpc) is 3.38. The van der Waals surface area contributed by atoms with Gasteiger partial charge in [-0.15, -0.1) is 0 Å². The van der Waals surface area contributed by atoms with Crippen molar-refractivity contribution in [2.45, 2.75) is 12.3 Å². The highest BCUT2D eigenvalue weighted by atomic mass is 16.6. The van der Waals surface area contributed by atoms with E-state index in [-0.39, 0.29) is 11.8 Å². The molecule has 6 nitrogen and oxygen atoms in total. The van der Waals surface area contributed by atoms with Gasteiger partial charge in [0.25, 0.3) is 0 Å². The molecule has 1 heterocycles. The molecular weight excluding hydrogens is 296 g/mol. The summed E-state index contributed by atoms with van der Waals surface area (Å²) in [5.41, 5.74) is 1.16. The number of amides is 1. The second-order valence-electron chi connectivity index (χ2n) is 5.89. The second kappa shape index (κ2) is 7.66. The Morgan fingerprint density at radius 1 is 1.22 bits per heavy atom. The normalized spacial score (nSPS) is 21.8. The van der Waals surface area contributed by atoms with E-state index in [1.54, 1.807) is 7.11 Å². The average molecular weight is 320 g/mol. The first kappa shape index (κ1) is 16.1. The van der Waals surface area contributed by atoms with Crippen molar-refractivity contribution in [2.75, 3.05) is 46.6 Å². The van der Waals surface area contributed by atoms with Crippen LogP contribution in [0.5, 0.6) is 11.5 Å². The van der Waals surface area contributed by atoms with Crippen LogP contribution >= 0.6 is 0 Å². The van der Waals surface area contributed by atoms with Gasteiger partial charge in [-0.3, -0.25) is 4.79 Å². The molecule has 126 valence electrons. The van der Waals surface area contributed by atoms with Gasteiger partial charge in [0.2, 0.25) is 5.91 Å². The molecule has 1 aliphatic carbocycles. The molecule has 1 aromatic carbocycles. The molecule has 0 radical (unpaired) electrons. The molecule has 0 saturated heterocycles. The third-order valence-electron chi connectivity index (χ3n) is 4.21. The van der Waals surface area contributed by atoms with Gasteiger partial charge in [0, 0.05) is 32.7 Å². The molecule has 1 fully saturated rings. The van der Waals surface area contributed by atoms with E-state index in [9.17, 15) is 4.79 Å². The molecular formula is C17H24N2O4. The van der Waals surface area contributed by atoms with E-state index in [1.165, 1.54) is 0 Å². The molecule has 23 heavy (non-hydrogen) atoms. The van der Waals surface area contributed by atoms with Crippen molar-refractivity contribution in [2.24, 2.45) is 5.92 Å².